The zero-order valence-corrected chi connectivity index (χ0v) is 20.7. The summed E-state index contributed by atoms with van der Waals surface area (Å²) in [6, 6.07) is 16.5. The molecular formula is C26H25FN4O5S. The van der Waals surface area contributed by atoms with Crippen molar-refractivity contribution in [3.8, 4) is 11.6 Å². The molecule has 0 radical (unpaired) electrons. The largest absolute Gasteiger partial charge is 0.438 e. The van der Waals surface area contributed by atoms with E-state index in [0.29, 0.717) is 54.2 Å². The maximum absolute atomic E-state index is 14.4. The molecule has 5 rings (SSSR count). The lowest BCUT2D eigenvalue weighted by molar-refractivity contribution is 0.102. The minimum Gasteiger partial charge on any atom is -0.438 e. The van der Waals surface area contributed by atoms with Gasteiger partial charge in [0, 0.05) is 59.3 Å². The van der Waals surface area contributed by atoms with Crippen molar-refractivity contribution in [2.75, 3.05) is 42.8 Å². The van der Waals surface area contributed by atoms with Crippen LogP contribution < -0.4 is 15.0 Å². The van der Waals surface area contributed by atoms with Gasteiger partial charge in [-0.15, -0.1) is 10.6 Å². The lowest BCUT2D eigenvalue weighted by Crippen LogP contribution is -2.36. The average molecular weight is 525 g/mol. The van der Waals surface area contributed by atoms with Gasteiger partial charge in [0.05, 0.1) is 13.2 Å². The van der Waals surface area contributed by atoms with Gasteiger partial charge in [-0.1, -0.05) is 24.3 Å². The van der Waals surface area contributed by atoms with E-state index in [1.807, 2.05) is 29.2 Å². The summed E-state index contributed by atoms with van der Waals surface area (Å²) in [5.41, 5.74) is 1.36. The van der Waals surface area contributed by atoms with Gasteiger partial charge in [-0.25, -0.2) is 9.37 Å². The fraction of sp³-hybridized carbons (Fsp3) is 0.192. The van der Waals surface area contributed by atoms with Crippen LogP contribution in [-0.2, 0) is 4.74 Å². The van der Waals surface area contributed by atoms with Crippen molar-refractivity contribution in [1.82, 2.24) is 9.97 Å². The number of nitrogens with zero attached hydrogens (tertiary/aromatic N) is 3. The Morgan fingerprint density at radius 2 is 1.84 bits per heavy atom. The van der Waals surface area contributed by atoms with Crippen LogP contribution >= 0.6 is 10.6 Å². The van der Waals surface area contributed by atoms with Crippen molar-refractivity contribution >= 4 is 38.6 Å². The molecule has 0 atom stereocenters. The van der Waals surface area contributed by atoms with E-state index in [1.54, 1.807) is 18.2 Å². The van der Waals surface area contributed by atoms with E-state index < -0.39 is 22.3 Å². The number of amides is 1. The lowest BCUT2D eigenvalue weighted by Gasteiger charge is -2.29. The number of carbonyl (C=O) groups is 1. The molecule has 11 heteroatoms. The van der Waals surface area contributed by atoms with Crippen LogP contribution in [0.25, 0.3) is 10.8 Å². The zero-order chi connectivity index (χ0) is 26.0. The molecule has 0 saturated carbocycles. The van der Waals surface area contributed by atoms with E-state index in [4.69, 9.17) is 9.47 Å². The van der Waals surface area contributed by atoms with Crippen LogP contribution in [-0.4, -0.2) is 57.5 Å². The first-order valence-corrected chi connectivity index (χ1v) is 13.4. The Balaban J connectivity index is 1.42. The highest BCUT2D eigenvalue weighted by Gasteiger charge is 2.18. The second-order valence-corrected chi connectivity index (χ2v) is 10.6. The predicted octanol–water partition coefficient (Wildman–Crippen LogP) is 5.39. The molecule has 3 aromatic carbocycles. The van der Waals surface area contributed by atoms with Gasteiger partial charge in [-0.05, 0) is 30.3 Å². The fourth-order valence-electron chi connectivity index (χ4n) is 4.05. The van der Waals surface area contributed by atoms with Crippen molar-refractivity contribution < 1.29 is 27.8 Å². The van der Waals surface area contributed by atoms with Crippen molar-refractivity contribution in [3.63, 3.8) is 0 Å². The third kappa shape index (κ3) is 5.65. The third-order valence-electron chi connectivity index (χ3n) is 5.82. The van der Waals surface area contributed by atoms with Crippen LogP contribution in [0.3, 0.4) is 0 Å². The first-order valence-electron chi connectivity index (χ1n) is 11.5. The summed E-state index contributed by atoms with van der Waals surface area (Å²) in [4.78, 5) is 23.1. The number of rotatable bonds is 6. The zero-order valence-electron chi connectivity index (χ0n) is 19.9. The SMILES string of the molecule is CS(O)(O)c1nccc(Oc2ccc(NC(=O)c3cc(F)cc(N4CCOCC4)c3)c3ccccc23)n1. The van der Waals surface area contributed by atoms with Crippen LogP contribution in [0.2, 0.25) is 0 Å². The summed E-state index contributed by atoms with van der Waals surface area (Å²) in [6.45, 7) is 2.35. The number of benzene rings is 3. The Morgan fingerprint density at radius 1 is 1.08 bits per heavy atom. The first kappa shape index (κ1) is 24.9. The Hall–Kier alpha value is -3.77. The predicted molar refractivity (Wildman–Crippen MR) is 140 cm³/mol. The minimum absolute atomic E-state index is 0.121. The van der Waals surface area contributed by atoms with E-state index in [9.17, 15) is 18.3 Å². The van der Waals surface area contributed by atoms with Gasteiger partial charge in [0.25, 0.3) is 5.91 Å². The molecule has 0 aliphatic carbocycles. The Morgan fingerprint density at radius 3 is 2.59 bits per heavy atom. The monoisotopic (exact) mass is 524 g/mol. The number of anilines is 2. The number of hydrogen-bond donors (Lipinski definition) is 3. The van der Waals surface area contributed by atoms with Crippen molar-refractivity contribution in [2.24, 2.45) is 0 Å². The maximum atomic E-state index is 14.4. The molecule has 37 heavy (non-hydrogen) atoms. The molecule has 2 heterocycles. The summed E-state index contributed by atoms with van der Waals surface area (Å²) in [5, 5.41) is 4.16. The summed E-state index contributed by atoms with van der Waals surface area (Å²) in [6.07, 6.45) is 2.62. The quantitative estimate of drug-likeness (QED) is 0.288. The highest BCUT2D eigenvalue weighted by molar-refractivity contribution is 8.23. The molecule has 1 aliphatic rings. The Kier molecular flexibility index (Phi) is 6.94. The average Bonchev–Trinajstić information content (AvgIpc) is 2.90. The Labute approximate surface area is 214 Å². The number of halogens is 1. The van der Waals surface area contributed by atoms with E-state index in [-0.39, 0.29) is 16.6 Å². The van der Waals surface area contributed by atoms with Gasteiger partial charge in [0.2, 0.25) is 11.0 Å². The molecule has 1 aromatic heterocycles. The molecule has 1 fully saturated rings. The molecule has 9 nitrogen and oxygen atoms in total. The third-order valence-corrected chi connectivity index (χ3v) is 6.71. The van der Waals surface area contributed by atoms with E-state index in [2.05, 4.69) is 15.3 Å². The van der Waals surface area contributed by atoms with Gasteiger partial charge in [-0.2, -0.15) is 4.98 Å². The van der Waals surface area contributed by atoms with Gasteiger partial charge in [-0.3, -0.25) is 13.9 Å². The summed E-state index contributed by atoms with van der Waals surface area (Å²) in [7, 11) is -3.11. The van der Waals surface area contributed by atoms with E-state index in [0.717, 1.165) is 0 Å². The van der Waals surface area contributed by atoms with Crippen LogP contribution in [0, 0.1) is 5.82 Å². The van der Waals surface area contributed by atoms with Crippen LogP contribution in [0.1, 0.15) is 10.4 Å². The van der Waals surface area contributed by atoms with Crippen LogP contribution in [0.15, 0.2) is 72.0 Å². The molecule has 0 unspecified atom stereocenters. The van der Waals surface area contributed by atoms with Crippen molar-refractivity contribution in [1.29, 1.82) is 0 Å². The number of aromatic nitrogens is 2. The molecule has 0 bridgehead atoms. The maximum Gasteiger partial charge on any atom is 0.255 e. The Bertz CT molecular complexity index is 1460. The second kappa shape index (κ2) is 10.3. The van der Waals surface area contributed by atoms with Crippen LogP contribution in [0.5, 0.6) is 11.6 Å². The second-order valence-electron chi connectivity index (χ2n) is 8.52. The number of carbonyl (C=O) groups excluding carboxylic acids is 1. The number of fused-ring (bicyclic) bond motifs is 1. The summed E-state index contributed by atoms with van der Waals surface area (Å²) in [5.74, 6) is -0.340. The van der Waals surface area contributed by atoms with Gasteiger partial charge >= 0.3 is 0 Å². The van der Waals surface area contributed by atoms with Crippen molar-refractivity contribution in [3.05, 3.63) is 78.2 Å². The molecule has 1 saturated heterocycles. The smallest absolute Gasteiger partial charge is 0.255 e. The molecule has 4 aromatic rings. The minimum atomic E-state index is -3.11. The highest BCUT2D eigenvalue weighted by Crippen LogP contribution is 2.42. The summed E-state index contributed by atoms with van der Waals surface area (Å²) >= 11 is 0. The summed E-state index contributed by atoms with van der Waals surface area (Å²) < 4.78 is 45.4. The highest BCUT2D eigenvalue weighted by atomic mass is 32.3. The fourth-order valence-corrected chi connectivity index (χ4v) is 4.58. The molecule has 1 amide bonds. The lowest BCUT2D eigenvalue weighted by atomic mass is 10.1. The van der Waals surface area contributed by atoms with Crippen molar-refractivity contribution in [2.45, 2.75) is 5.16 Å². The van der Waals surface area contributed by atoms with Gasteiger partial charge in [0.1, 0.15) is 11.6 Å². The molecular weight excluding hydrogens is 499 g/mol. The standard InChI is InChI=1S/C26H25FN4O5S/c1-37(33,34)26-28-9-8-24(30-26)36-23-7-6-22(20-4-2-3-5-21(20)23)29-25(32)17-14-18(27)16-19(15-17)31-10-12-35-13-11-31/h2-9,14-16,33-34H,10-13H2,1H3,(H,29,32). The number of nitrogens with one attached hydrogen (secondary N) is 1. The molecule has 1 aliphatic heterocycles. The normalized spacial score (nSPS) is 14.4. The van der Waals surface area contributed by atoms with E-state index >= 15 is 0 Å². The number of hydrogen-bond acceptors (Lipinski definition) is 8. The molecule has 0 spiro atoms. The number of morpholine rings is 1. The first-order chi connectivity index (χ1) is 17.8. The van der Waals surface area contributed by atoms with Gasteiger partial charge in [0.15, 0.2) is 0 Å². The van der Waals surface area contributed by atoms with E-state index in [1.165, 1.54) is 30.7 Å². The molecule has 3 N–H and O–H groups in total. The molecule has 192 valence electrons. The van der Waals surface area contributed by atoms with Crippen LogP contribution in [0.4, 0.5) is 15.8 Å². The number of ether oxygens (including phenoxy) is 2. The van der Waals surface area contributed by atoms with Gasteiger partial charge < -0.3 is 19.7 Å². The topological polar surface area (TPSA) is 117 Å².